The van der Waals surface area contributed by atoms with Crippen molar-refractivity contribution in [1.82, 2.24) is 35.1 Å². The number of carbonyl (C=O) groups is 3. The molecule has 0 spiro atoms. The lowest BCUT2D eigenvalue weighted by molar-refractivity contribution is -0.135. The smallest absolute Gasteiger partial charge is 0.408 e. The number of imidazole rings is 2. The Kier molecular flexibility index (Phi) is 11.1. The van der Waals surface area contributed by atoms with Gasteiger partial charge >= 0.3 is 6.09 Å². The molecule has 3 atom stereocenters. The molecule has 3 amide bonds. The van der Waals surface area contributed by atoms with Crippen LogP contribution in [0.5, 0.6) is 0 Å². The van der Waals surface area contributed by atoms with E-state index >= 15 is 0 Å². The summed E-state index contributed by atoms with van der Waals surface area (Å²) < 4.78 is 5.52. The molecule has 3 unspecified atom stereocenters. The number of alkyl carbamates (subject to hydrolysis) is 1. The molecule has 304 valence electrons. The van der Waals surface area contributed by atoms with E-state index < -0.39 is 17.7 Å². The highest BCUT2D eigenvalue weighted by Gasteiger charge is 2.38. The molecule has 2 aromatic heterocycles. The van der Waals surface area contributed by atoms with E-state index in [1.807, 2.05) is 52.5 Å². The Bertz CT molecular complexity index is 2450. The van der Waals surface area contributed by atoms with Gasteiger partial charge in [0, 0.05) is 25.1 Å². The summed E-state index contributed by atoms with van der Waals surface area (Å²) in [5.41, 5.74) is 6.08. The minimum atomic E-state index is -0.892. The average Bonchev–Trinajstić information content (AvgIpc) is 4.06. The number of nitrogens with zero attached hydrogens (tertiary/aromatic N) is 4. The summed E-state index contributed by atoms with van der Waals surface area (Å²) in [6, 6.07) is 29.5. The first-order chi connectivity index (χ1) is 28.4. The Morgan fingerprint density at radius 2 is 1.27 bits per heavy atom. The van der Waals surface area contributed by atoms with Crippen LogP contribution in [0.3, 0.4) is 0 Å². The third kappa shape index (κ3) is 8.79. The Morgan fingerprint density at radius 1 is 0.729 bits per heavy atom. The number of rotatable bonds is 10. The van der Waals surface area contributed by atoms with Crippen LogP contribution in [0.1, 0.15) is 102 Å². The zero-order chi connectivity index (χ0) is 41.3. The summed E-state index contributed by atoms with van der Waals surface area (Å²) in [5.74, 6) is 1.92. The van der Waals surface area contributed by atoms with Crippen LogP contribution in [0.25, 0.3) is 44.4 Å². The number of hydrogen-bond donors (Lipinski definition) is 3. The van der Waals surface area contributed by atoms with Crippen LogP contribution in [-0.2, 0) is 14.3 Å². The summed E-state index contributed by atoms with van der Waals surface area (Å²) in [6.07, 6.45) is 7.14. The molecule has 2 fully saturated rings. The number of fused-ring (bicyclic) bond motifs is 1. The molecule has 0 saturated carbocycles. The molecule has 2 aliphatic heterocycles. The zero-order valence-corrected chi connectivity index (χ0v) is 34.5. The molecular weight excluding hydrogens is 739 g/mol. The van der Waals surface area contributed by atoms with E-state index in [4.69, 9.17) is 14.7 Å². The maximum absolute atomic E-state index is 14.1. The average molecular weight is 792 g/mol. The highest BCUT2D eigenvalue weighted by molar-refractivity contribution is 5.91. The molecule has 2 saturated heterocycles. The molecule has 0 aliphatic carbocycles. The van der Waals surface area contributed by atoms with Crippen LogP contribution in [0, 0.1) is 5.92 Å². The van der Waals surface area contributed by atoms with E-state index in [-0.39, 0.29) is 23.9 Å². The third-order valence-electron chi connectivity index (χ3n) is 11.2. The lowest BCUT2D eigenvalue weighted by Gasteiger charge is -2.29. The van der Waals surface area contributed by atoms with Gasteiger partial charge in [-0.3, -0.25) is 9.59 Å². The van der Waals surface area contributed by atoms with Gasteiger partial charge in [0.1, 0.15) is 23.3 Å². The highest BCUT2D eigenvalue weighted by atomic mass is 16.6. The van der Waals surface area contributed by atoms with Crippen molar-refractivity contribution in [1.29, 1.82) is 0 Å². The maximum atomic E-state index is 14.1. The summed E-state index contributed by atoms with van der Waals surface area (Å²) >= 11 is 0. The topological polar surface area (TPSA) is 136 Å². The van der Waals surface area contributed by atoms with Gasteiger partial charge in [0.25, 0.3) is 5.91 Å². The molecule has 11 heteroatoms. The van der Waals surface area contributed by atoms with Crippen molar-refractivity contribution in [2.75, 3.05) is 13.1 Å². The second kappa shape index (κ2) is 16.6. The summed E-state index contributed by atoms with van der Waals surface area (Å²) in [4.78, 5) is 60.2. The quantitative estimate of drug-likeness (QED) is 0.126. The molecule has 6 aromatic rings. The number of benzene rings is 4. The standard InChI is InChI=1S/C48H53N7O4/c1-30(2)25-42(56)54-23-9-13-40(54)44-50-29-39(52-44)37-22-21-35-26-34(19-20-36(35)27-37)31-15-17-32(18-16-31)38-28-49-45(51-38)41-14-10-24-55(41)46(57)43(33-11-7-6-8-12-33)53-47(58)59-48(3,4)5/h6-8,11-12,15-22,26-30,40-41,43H,9-10,13-14,23-25H2,1-5H3,(H,49,51)(H,50,52)(H,53,58). The molecule has 59 heavy (non-hydrogen) atoms. The Balaban J connectivity index is 0.947. The Hall–Kier alpha value is -6.23. The van der Waals surface area contributed by atoms with Gasteiger partial charge in [-0.1, -0.05) is 92.7 Å². The number of hydrogen-bond acceptors (Lipinski definition) is 6. The summed E-state index contributed by atoms with van der Waals surface area (Å²) in [5, 5.41) is 5.10. The number of nitrogens with one attached hydrogen (secondary N) is 3. The fourth-order valence-corrected chi connectivity index (χ4v) is 8.40. The second-order valence-corrected chi connectivity index (χ2v) is 17.2. The molecule has 0 bridgehead atoms. The SMILES string of the molecule is CC(C)CC(=O)N1CCCC1c1ncc(-c2ccc3cc(-c4ccc(-c5cnc(C6CCCN6C(=O)C(NC(=O)OC(C)(C)C)c6ccccc6)[nH]5)cc4)ccc3c2)[nH]1. The lowest BCUT2D eigenvalue weighted by atomic mass is 9.98. The number of aromatic amines is 2. The van der Waals surface area contributed by atoms with E-state index in [9.17, 15) is 14.4 Å². The van der Waals surface area contributed by atoms with Crippen LogP contribution >= 0.6 is 0 Å². The number of likely N-dealkylation sites (tertiary alicyclic amines) is 2. The molecule has 0 radical (unpaired) electrons. The number of H-pyrrole nitrogens is 2. The zero-order valence-electron chi connectivity index (χ0n) is 34.5. The summed E-state index contributed by atoms with van der Waals surface area (Å²) in [6.45, 7) is 10.9. The fraction of sp³-hybridized carbons (Fsp3) is 0.354. The maximum Gasteiger partial charge on any atom is 0.408 e. The van der Waals surface area contributed by atoms with Crippen molar-refractivity contribution in [3.05, 3.63) is 121 Å². The van der Waals surface area contributed by atoms with Crippen molar-refractivity contribution in [3.63, 3.8) is 0 Å². The first-order valence-electron chi connectivity index (χ1n) is 20.8. The van der Waals surface area contributed by atoms with E-state index in [0.29, 0.717) is 24.4 Å². The Morgan fingerprint density at radius 3 is 1.90 bits per heavy atom. The molecular formula is C48H53N7O4. The largest absolute Gasteiger partial charge is 0.444 e. The molecule has 2 aliphatic rings. The number of ether oxygens (including phenoxy) is 1. The van der Waals surface area contributed by atoms with Crippen molar-refractivity contribution in [3.8, 4) is 33.6 Å². The molecule has 4 heterocycles. The predicted octanol–water partition coefficient (Wildman–Crippen LogP) is 9.93. The third-order valence-corrected chi connectivity index (χ3v) is 11.2. The van der Waals surface area contributed by atoms with Gasteiger partial charge in [0.2, 0.25) is 5.91 Å². The lowest BCUT2D eigenvalue weighted by Crippen LogP contribution is -2.44. The monoisotopic (exact) mass is 791 g/mol. The van der Waals surface area contributed by atoms with Gasteiger partial charge < -0.3 is 29.8 Å². The van der Waals surface area contributed by atoms with Crippen molar-refractivity contribution >= 4 is 28.7 Å². The van der Waals surface area contributed by atoms with Crippen molar-refractivity contribution in [2.24, 2.45) is 5.92 Å². The predicted molar refractivity (Wildman–Crippen MR) is 230 cm³/mol. The normalized spacial score (nSPS) is 17.5. The van der Waals surface area contributed by atoms with Crippen LogP contribution in [0.4, 0.5) is 4.79 Å². The highest BCUT2D eigenvalue weighted by Crippen LogP contribution is 2.36. The van der Waals surface area contributed by atoms with E-state index in [2.05, 4.69) is 89.8 Å². The van der Waals surface area contributed by atoms with Gasteiger partial charge in [-0.05, 0) is 97.5 Å². The van der Waals surface area contributed by atoms with E-state index in [1.54, 1.807) is 20.8 Å². The fourth-order valence-electron chi connectivity index (χ4n) is 8.40. The second-order valence-electron chi connectivity index (χ2n) is 17.2. The number of carbonyl (C=O) groups excluding carboxylic acids is 3. The minimum Gasteiger partial charge on any atom is -0.444 e. The van der Waals surface area contributed by atoms with Gasteiger partial charge in [-0.15, -0.1) is 0 Å². The van der Waals surface area contributed by atoms with E-state index in [0.717, 1.165) is 88.3 Å². The minimum absolute atomic E-state index is 0.00241. The first kappa shape index (κ1) is 39.6. The molecule has 8 rings (SSSR count). The van der Waals surface area contributed by atoms with Gasteiger partial charge in [0.05, 0.1) is 35.9 Å². The van der Waals surface area contributed by atoms with Crippen molar-refractivity contribution in [2.45, 2.75) is 90.4 Å². The van der Waals surface area contributed by atoms with Crippen LogP contribution in [-0.4, -0.2) is 66.3 Å². The number of aromatic nitrogens is 4. The first-order valence-corrected chi connectivity index (χ1v) is 20.8. The molecule has 3 N–H and O–H groups in total. The summed E-state index contributed by atoms with van der Waals surface area (Å²) in [7, 11) is 0. The van der Waals surface area contributed by atoms with Crippen LogP contribution in [0.2, 0.25) is 0 Å². The van der Waals surface area contributed by atoms with E-state index in [1.165, 1.54) is 0 Å². The van der Waals surface area contributed by atoms with Crippen molar-refractivity contribution < 1.29 is 19.1 Å². The van der Waals surface area contributed by atoms with Crippen LogP contribution < -0.4 is 5.32 Å². The van der Waals surface area contributed by atoms with Crippen LogP contribution in [0.15, 0.2) is 103 Å². The van der Waals surface area contributed by atoms with Gasteiger partial charge in [-0.25, -0.2) is 14.8 Å². The van der Waals surface area contributed by atoms with Gasteiger partial charge in [-0.2, -0.15) is 0 Å². The van der Waals surface area contributed by atoms with Gasteiger partial charge in [0.15, 0.2) is 0 Å². The molecule has 4 aromatic carbocycles. The number of amides is 3. The molecule has 11 nitrogen and oxygen atoms in total. The Labute approximate surface area is 345 Å².